The maximum Gasteiger partial charge on any atom is 0.200 e. The van der Waals surface area contributed by atoms with Crippen molar-refractivity contribution in [2.45, 2.75) is 27.7 Å². The maximum atomic E-state index is 13.4. The van der Waals surface area contributed by atoms with E-state index in [4.69, 9.17) is 18.9 Å². The fraction of sp³-hybridized carbons (Fsp3) is 0.320. The van der Waals surface area contributed by atoms with Crippen LogP contribution in [0.15, 0.2) is 59.7 Å². The lowest BCUT2D eigenvalue weighted by Gasteiger charge is -2.15. The summed E-state index contributed by atoms with van der Waals surface area (Å²) < 4.78 is 22.4. The van der Waals surface area contributed by atoms with Crippen LogP contribution in [0.3, 0.4) is 0 Å². The first-order valence-corrected chi connectivity index (χ1v) is 9.78. The van der Waals surface area contributed by atoms with Gasteiger partial charge < -0.3 is 18.9 Å². The van der Waals surface area contributed by atoms with Gasteiger partial charge in [-0.1, -0.05) is 11.1 Å². The number of hydrogen-bond donors (Lipinski definition) is 0. The van der Waals surface area contributed by atoms with Crippen LogP contribution in [0, 0.1) is 0 Å². The van der Waals surface area contributed by atoms with Crippen LogP contribution >= 0.6 is 0 Å². The number of carbonyl (C=O) groups is 1. The molecule has 0 aliphatic rings. The highest BCUT2D eigenvalue weighted by molar-refractivity contribution is 6.12. The van der Waals surface area contributed by atoms with E-state index in [0.717, 1.165) is 11.1 Å². The molecule has 2 aromatic rings. The SMILES string of the molecule is COc1ccc(C(=O)c2ccc(OC)cc2OCC=C(C)C)c(OCC=C(C)C)c1. The highest BCUT2D eigenvalue weighted by Crippen LogP contribution is 2.32. The number of benzene rings is 2. The van der Waals surface area contributed by atoms with Crippen molar-refractivity contribution in [3.63, 3.8) is 0 Å². The topological polar surface area (TPSA) is 54.0 Å². The third-order valence-corrected chi connectivity index (χ3v) is 4.33. The number of hydrogen-bond acceptors (Lipinski definition) is 5. The first-order chi connectivity index (χ1) is 14.3. The molecule has 0 N–H and O–H groups in total. The van der Waals surface area contributed by atoms with Crippen molar-refractivity contribution >= 4 is 5.78 Å². The summed E-state index contributed by atoms with van der Waals surface area (Å²) in [5.41, 5.74) is 3.15. The number of rotatable bonds is 10. The molecule has 2 aromatic carbocycles. The summed E-state index contributed by atoms with van der Waals surface area (Å²) in [6.07, 6.45) is 3.91. The van der Waals surface area contributed by atoms with Gasteiger partial charge in [-0.25, -0.2) is 0 Å². The molecule has 0 amide bonds. The molecule has 30 heavy (non-hydrogen) atoms. The molecule has 0 spiro atoms. The molecule has 0 unspecified atom stereocenters. The second-order valence-electron chi connectivity index (χ2n) is 7.24. The van der Waals surface area contributed by atoms with E-state index in [1.807, 2.05) is 39.8 Å². The molecule has 0 radical (unpaired) electrons. The summed E-state index contributed by atoms with van der Waals surface area (Å²) in [4.78, 5) is 13.4. The molecular weight excluding hydrogens is 380 g/mol. The molecular formula is C25H30O5. The Labute approximate surface area is 178 Å². The lowest BCUT2D eigenvalue weighted by Crippen LogP contribution is -2.09. The minimum absolute atomic E-state index is 0.195. The number of methoxy groups -OCH3 is 2. The lowest BCUT2D eigenvalue weighted by atomic mass is 10.0. The van der Waals surface area contributed by atoms with Crippen molar-refractivity contribution in [1.29, 1.82) is 0 Å². The number of ketones is 1. The van der Waals surface area contributed by atoms with E-state index < -0.39 is 0 Å². The Balaban J connectivity index is 2.43. The normalized spacial score (nSPS) is 10.1. The summed E-state index contributed by atoms with van der Waals surface area (Å²) in [7, 11) is 3.16. The van der Waals surface area contributed by atoms with Crippen LogP contribution < -0.4 is 18.9 Å². The predicted octanol–water partition coefficient (Wildman–Crippen LogP) is 5.62. The lowest BCUT2D eigenvalue weighted by molar-refractivity contribution is 0.103. The van der Waals surface area contributed by atoms with Gasteiger partial charge in [0.15, 0.2) is 5.78 Å². The first-order valence-electron chi connectivity index (χ1n) is 9.78. The highest BCUT2D eigenvalue weighted by Gasteiger charge is 2.20. The molecule has 0 atom stereocenters. The zero-order valence-corrected chi connectivity index (χ0v) is 18.6. The molecule has 0 aliphatic heterocycles. The van der Waals surface area contributed by atoms with Gasteiger partial charge in [0.25, 0.3) is 0 Å². The van der Waals surface area contributed by atoms with Gasteiger partial charge in [0.05, 0.1) is 25.3 Å². The Morgan fingerprint density at radius 3 is 1.47 bits per heavy atom. The van der Waals surface area contributed by atoms with Crippen LogP contribution in [0.5, 0.6) is 23.0 Å². The van der Waals surface area contributed by atoms with Gasteiger partial charge in [-0.15, -0.1) is 0 Å². The monoisotopic (exact) mass is 410 g/mol. The number of ether oxygens (including phenoxy) is 4. The molecule has 0 aromatic heterocycles. The van der Waals surface area contributed by atoms with E-state index >= 15 is 0 Å². The Morgan fingerprint density at radius 2 is 1.13 bits per heavy atom. The van der Waals surface area contributed by atoms with Crippen LogP contribution in [0.1, 0.15) is 43.6 Å². The highest BCUT2D eigenvalue weighted by atomic mass is 16.5. The van der Waals surface area contributed by atoms with Crippen molar-refractivity contribution in [2.24, 2.45) is 0 Å². The Kier molecular flexibility index (Phi) is 8.54. The largest absolute Gasteiger partial charge is 0.497 e. The van der Waals surface area contributed by atoms with Crippen LogP contribution in [-0.4, -0.2) is 33.2 Å². The second kappa shape index (κ2) is 11.1. The van der Waals surface area contributed by atoms with Crippen molar-refractivity contribution in [1.82, 2.24) is 0 Å². The second-order valence-corrected chi connectivity index (χ2v) is 7.24. The third-order valence-electron chi connectivity index (χ3n) is 4.33. The zero-order valence-electron chi connectivity index (χ0n) is 18.6. The summed E-state index contributed by atoms with van der Waals surface area (Å²) in [5.74, 6) is 1.97. The van der Waals surface area contributed by atoms with Gasteiger partial charge in [0.1, 0.15) is 36.2 Å². The Hall–Kier alpha value is -3.21. The van der Waals surface area contributed by atoms with Gasteiger partial charge in [-0.3, -0.25) is 4.79 Å². The van der Waals surface area contributed by atoms with Crippen LogP contribution in [0.2, 0.25) is 0 Å². The van der Waals surface area contributed by atoms with E-state index in [0.29, 0.717) is 47.3 Å². The van der Waals surface area contributed by atoms with E-state index in [2.05, 4.69) is 0 Å². The van der Waals surface area contributed by atoms with Crippen LogP contribution in [0.4, 0.5) is 0 Å². The smallest absolute Gasteiger partial charge is 0.200 e. The van der Waals surface area contributed by atoms with Gasteiger partial charge >= 0.3 is 0 Å². The molecule has 0 saturated heterocycles. The van der Waals surface area contributed by atoms with E-state index in [9.17, 15) is 4.79 Å². The molecule has 0 heterocycles. The quantitative estimate of drug-likeness (QED) is 0.376. The summed E-state index contributed by atoms with van der Waals surface area (Å²) in [6, 6.07) is 10.4. The fourth-order valence-corrected chi connectivity index (χ4v) is 2.61. The average Bonchev–Trinajstić information content (AvgIpc) is 2.72. The predicted molar refractivity (Wildman–Crippen MR) is 119 cm³/mol. The minimum atomic E-state index is -0.195. The van der Waals surface area contributed by atoms with E-state index in [-0.39, 0.29) is 5.78 Å². The summed E-state index contributed by atoms with van der Waals surface area (Å²) in [5, 5.41) is 0. The van der Waals surface area contributed by atoms with Gasteiger partial charge in [0.2, 0.25) is 0 Å². The first kappa shape index (κ1) is 23.1. The standard InChI is InChI=1S/C25H30O5/c1-17(2)11-13-29-23-15-19(27-5)7-9-21(23)25(26)22-10-8-20(28-6)16-24(22)30-14-12-18(3)4/h7-12,15-16H,13-14H2,1-6H3. The molecule has 5 heteroatoms. The van der Waals surface area contributed by atoms with Crippen molar-refractivity contribution < 1.29 is 23.7 Å². The van der Waals surface area contributed by atoms with Crippen molar-refractivity contribution in [3.05, 3.63) is 70.8 Å². The molecule has 0 bridgehead atoms. The van der Waals surface area contributed by atoms with Gasteiger partial charge in [0, 0.05) is 12.1 Å². The van der Waals surface area contributed by atoms with E-state index in [1.165, 1.54) is 0 Å². The van der Waals surface area contributed by atoms with Gasteiger partial charge in [-0.05, 0) is 64.1 Å². The molecule has 0 fully saturated rings. The molecule has 5 nitrogen and oxygen atoms in total. The van der Waals surface area contributed by atoms with Crippen LogP contribution in [0.25, 0.3) is 0 Å². The Morgan fingerprint density at radius 1 is 0.733 bits per heavy atom. The number of allylic oxidation sites excluding steroid dienone is 2. The van der Waals surface area contributed by atoms with Gasteiger partial charge in [-0.2, -0.15) is 0 Å². The molecule has 0 saturated carbocycles. The number of carbonyl (C=O) groups excluding carboxylic acids is 1. The average molecular weight is 411 g/mol. The van der Waals surface area contributed by atoms with Crippen molar-refractivity contribution in [2.75, 3.05) is 27.4 Å². The van der Waals surface area contributed by atoms with E-state index in [1.54, 1.807) is 50.6 Å². The maximum absolute atomic E-state index is 13.4. The fourth-order valence-electron chi connectivity index (χ4n) is 2.61. The molecule has 0 aliphatic carbocycles. The summed E-state index contributed by atoms with van der Waals surface area (Å²) >= 11 is 0. The van der Waals surface area contributed by atoms with Crippen LogP contribution in [-0.2, 0) is 0 Å². The van der Waals surface area contributed by atoms with Crippen molar-refractivity contribution in [3.8, 4) is 23.0 Å². The summed E-state index contributed by atoms with van der Waals surface area (Å²) in [6.45, 7) is 8.70. The third kappa shape index (κ3) is 6.41. The minimum Gasteiger partial charge on any atom is -0.497 e. The molecule has 2 rings (SSSR count). The molecule has 160 valence electrons. The Bertz CT molecular complexity index is 857. The zero-order chi connectivity index (χ0) is 22.1.